The largest absolute Gasteiger partial charge is 0.320 e. The van der Waals surface area contributed by atoms with Crippen LogP contribution < -0.4 is 16.2 Å². The predicted octanol–water partition coefficient (Wildman–Crippen LogP) is -0.148. The Bertz CT molecular complexity index is 423. The topological polar surface area (TPSA) is 63.1 Å². The minimum absolute atomic E-state index is 0.192. The molecule has 15 heavy (non-hydrogen) atoms. The summed E-state index contributed by atoms with van der Waals surface area (Å²) in [6, 6.07) is 1.66. The number of hydrogen-bond acceptors (Lipinski definition) is 3. The van der Waals surface area contributed by atoms with E-state index in [4.69, 9.17) is 0 Å². The molecular formula is C10H15N3O2. The summed E-state index contributed by atoms with van der Waals surface area (Å²) in [5.41, 5.74) is 1.04. The highest BCUT2D eigenvalue weighted by atomic mass is 16.2. The number of pyridine rings is 1. The van der Waals surface area contributed by atoms with Crippen molar-refractivity contribution in [2.45, 2.75) is 6.92 Å². The van der Waals surface area contributed by atoms with Crippen LogP contribution in [0.4, 0.5) is 5.69 Å². The monoisotopic (exact) mass is 209 g/mol. The standard InChI is InChI=1S/C10H15N3O2/c1-7-4-8(10(15)13(3)6-7)12-9(14)5-11-2/h4,6,11H,5H2,1-3H3,(H,12,14). The molecule has 0 aliphatic heterocycles. The van der Waals surface area contributed by atoms with Crippen LogP contribution >= 0.6 is 0 Å². The number of likely N-dealkylation sites (N-methyl/N-ethyl adjacent to an activating group) is 1. The lowest BCUT2D eigenvalue weighted by Crippen LogP contribution is -2.29. The van der Waals surface area contributed by atoms with Crippen LogP contribution in [-0.4, -0.2) is 24.1 Å². The van der Waals surface area contributed by atoms with Gasteiger partial charge in [0.05, 0.1) is 6.54 Å². The van der Waals surface area contributed by atoms with E-state index < -0.39 is 0 Å². The Morgan fingerprint density at radius 1 is 1.53 bits per heavy atom. The molecule has 0 bridgehead atoms. The smallest absolute Gasteiger partial charge is 0.274 e. The second-order valence-corrected chi connectivity index (χ2v) is 3.43. The van der Waals surface area contributed by atoms with Crippen molar-refractivity contribution in [3.8, 4) is 0 Å². The Hall–Kier alpha value is -1.62. The van der Waals surface area contributed by atoms with Crippen molar-refractivity contribution in [2.24, 2.45) is 7.05 Å². The van der Waals surface area contributed by atoms with Gasteiger partial charge in [0.15, 0.2) is 0 Å². The van der Waals surface area contributed by atoms with Crippen molar-refractivity contribution in [1.82, 2.24) is 9.88 Å². The molecule has 1 amide bonds. The molecule has 0 saturated heterocycles. The maximum Gasteiger partial charge on any atom is 0.274 e. The lowest BCUT2D eigenvalue weighted by Gasteiger charge is -2.07. The average molecular weight is 209 g/mol. The van der Waals surface area contributed by atoms with Gasteiger partial charge in [0, 0.05) is 13.2 Å². The molecule has 0 fully saturated rings. The van der Waals surface area contributed by atoms with Gasteiger partial charge in [-0.05, 0) is 25.6 Å². The summed E-state index contributed by atoms with van der Waals surface area (Å²) in [5, 5.41) is 5.27. The van der Waals surface area contributed by atoms with E-state index in [0.717, 1.165) is 5.56 Å². The number of hydrogen-bond donors (Lipinski definition) is 2. The van der Waals surface area contributed by atoms with Crippen LogP contribution in [0.5, 0.6) is 0 Å². The molecule has 1 aromatic rings. The van der Waals surface area contributed by atoms with Gasteiger partial charge >= 0.3 is 0 Å². The summed E-state index contributed by atoms with van der Waals surface area (Å²) < 4.78 is 1.45. The van der Waals surface area contributed by atoms with E-state index in [1.807, 2.05) is 6.92 Å². The van der Waals surface area contributed by atoms with Gasteiger partial charge < -0.3 is 15.2 Å². The maximum atomic E-state index is 11.6. The number of aryl methyl sites for hydroxylation is 2. The summed E-state index contributed by atoms with van der Waals surface area (Å²) in [7, 11) is 3.33. The number of nitrogens with zero attached hydrogens (tertiary/aromatic N) is 1. The number of amides is 1. The van der Waals surface area contributed by atoms with Crippen molar-refractivity contribution < 1.29 is 4.79 Å². The summed E-state index contributed by atoms with van der Waals surface area (Å²) in [4.78, 5) is 22.9. The Kier molecular flexibility index (Phi) is 3.62. The molecule has 1 aromatic heterocycles. The van der Waals surface area contributed by atoms with Crippen molar-refractivity contribution >= 4 is 11.6 Å². The third-order valence-electron chi connectivity index (χ3n) is 1.93. The number of aromatic nitrogens is 1. The molecule has 1 rings (SSSR count). The molecule has 0 aliphatic carbocycles. The minimum Gasteiger partial charge on any atom is -0.320 e. The molecule has 0 radical (unpaired) electrons. The van der Waals surface area contributed by atoms with Crippen molar-refractivity contribution in [3.05, 3.63) is 28.2 Å². The van der Waals surface area contributed by atoms with Crippen LogP contribution in [0.15, 0.2) is 17.1 Å². The number of rotatable bonds is 3. The lowest BCUT2D eigenvalue weighted by atomic mass is 10.3. The van der Waals surface area contributed by atoms with E-state index in [1.165, 1.54) is 4.57 Å². The maximum absolute atomic E-state index is 11.6. The van der Waals surface area contributed by atoms with Gasteiger partial charge in [0.25, 0.3) is 5.56 Å². The zero-order chi connectivity index (χ0) is 11.4. The first-order chi connectivity index (χ1) is 7.04. The fraction of sp³-hybridized carbons (Fsp3) is 0.400. The molecular weight excluding hydrogens is 194 g/mol. The zero-order valence-corrected chi connectivity index (χ0v) is 9.13. The Morgan fingerprint density at radius 2 is 2.20 bits per heavy atom. The van der Waals surface area contributed by atoms with E-state index in [9.17, 15) is 9.59 Å². The molecule has 0 atom stereocenters. The van der Waals surface area contributed by atoms with Gasteiger partial charge in [-0.1, -0.05) is 0 Å². The normalized spacial score (nSPS) is 10.1. The molecule has 0 unspecified atom stereocenters. The van der Waals surface area contributed by atoms with Gasteiger partial charge in [-0.15, -0.1) is 0 Å². The molecule has 0 aromatic carbocycles. The third kappa shape index (κ3) is 2.92. The van der Waals surface area contributed by atoms with Crippen LogP contribution in [0.3, 0.4) is 0 Å². The molecule has 0 spiro atoms. The molecule has 5 heteroatoms. The first kappa shape index (κ1) is 11.5. The summed E-state index contributed by atoms with van der Waals surface area (Å²) in [5.74, 6) is -0.222. The fourth-order valence-corrected chi connectivity index (χ4v) is 1.33. The van der Waals surface area contributed by atoms with E-state index in [1.54, 1.807) is 26.4 Å². The zero-order valence-electron chi connectivity index (χ0n) is 9.13. The second-order valence-electron chi connectivity index (χ2n) is 3.43. The van der Waals surface area contributed by atoms with Gasteiger partial charge in [0.2, 0.25) is 5.91 Å². The minimum atomic E-state index is -0.222. The summed E-state index contributed by atoms with van der Waals surface area (Å²) in [6.45, 7) is 2.06. The first-order valence-corrected chi connectivity index (χ1v) is 4.66. The van der Waals surface area contributed by atoms with Gasteiger partial charge in [-0.3, -0.25) is 9.59 Å². The highest BCUT2D eigenvalue weighted by Crippen LogP contribution is 2.02. The van der Waals surface area contributed by atoms with E-state index in [2.05, 4.69) is 10.6 Å². The van der Waals surface area contributed by atoms with Gasteiger partial charge in [-0.25, -0.2) is 0 Å². The molecule has 0 aliphatic rings. The number of carbonyl (C=O) groups excluding carboxylic acids is 1. The van der Waals surface area contributed by atoms with Crippen molar-refractivity contribution in [1.29, 1.82) is 0 Å². The quantitative estimate of drug-likeness (QED) is 0.727. The van der Waals surface area contributed by atoms with Crippen LogP contribution in [0.1, 0.15) is 5.56 Å². The number of anilines is 1. The third-order valence-corrected chi connectivity index (χ3v) is 1.93. The van der Waals surface area contributed by atoms with Crippen LogP contribution in [0.2, 0.25) is 0 Å². The Balaban J connectivity index is 2.95. The molecule has 1 heterocycles. The molecule has 5 nitrogen and oxygen atoms in total. The van der Waals surface area contributed by atoms with E-state index >= 15 is 0 Å². The molecule has 2 N–H and O–H groups in total. The van der Waals surface area contributed by atoms with Crippen molar-refractivity contribution in [3.63, 3.8) is 0 Å². The second kappa shape index (κ2) is 4.75. The predicted molar refractivity (Wildman–Crippen MR) is 59.0 cm³/mol. The average Bonchev–Trinajstić information content (AvgIpc) is 2.13. The highest BCUT2D eigenvalue weighted by Gasteiger charge is 2.06. The SMILES string of the molecule is CNCC(=O)Nc1cc(C)cn(C)c1=O. The highest BCUT2D eigenvalue weighted by molar-refractivity contribution is 5.92. The first-order valence-electron chi connectivity index (χ1n) is 4.66. The van der Waals surface area contributed by atoms with Crippen LogP contribution in [-0.2, 0) is 11.8 Å². The van der Waals surface area contributed by atoms with Crippen LogP contribution in [0, 0.1) is 6.92 Å². The Labute approximate surface area is 88.1 Å². The van der Waals surface area contributed by atoms with E-state index in [-0.39, 0.29) is 18.0 Å². The van der Waals surface area contributed by atoms with E-state index in [0.29, 0.717) is 5.69 Å². The van der Waals surface area contributed by atoms with Gasteiger partial charge in [0.1, 0.15) is 5.69 Å². The number of nitrogens with one attached hydrogen (secondary N) is 2. The lowest BCUT2D eigenvalue weighted by molar-refractivity contribution is -0.115. The van der Waals surface area contributed by atoms with Crippen LogP contribution in [0.25, 0.3) is 0 Å². The summed E-state index contributed by atoms with van der Waals surface area (Å²) >= 11 is 0. The van der Waals surface area contributed by atoms with Gasteiger partial charge in [-0.2, -0.15) is 0 Å². The van der Waals surface area contributed by atoms with Crippen molar-refractivity contribution in [2.75, 3.05) is 18.9 Å². The molecule has 0 saturated carbocycles. The number of carbonyl (C=O) groups is 1. The Morgan fingerprint density at radius 3 is 2.80 bits per heavy atom. The summed E-state index contributed by atoms with van der Waals surface area (Å²) in [6.07, 6.45) is 1.72. The molecule has 82 valence electrons. The fourth-order valence-electron chi connectivity index (χ4n) is 1.33.